The molecule has 1 N–H and O–H groups in total. The summed E-state index contributed by atoms with van der Waals surface area (Å²) in [6, 6.07) is 3.46. The number of hydrogen-bond donors (Lipinski definition) is 1. The van der Waals surface area contributed by atoms with E-state index in [1.54, 1.807) is 0 Å². The van der Waals surface area contributed by atoms with Crippen LogP contribution >= 0.6 is 0 Å². The van der Waals surface area contributed by atoms with E-state index in [-0.39, 0.29) is 19.0 Å². The minimum atomic E-state index is -1.20. The fourth-order valence-electron chi connectivity index (χ4n) is 3.92. The summed E-state index contributed by atoms with van der Waals surface area (Å²) in [6.07, 6.45) is 4.57. The predicted octanol–water partition coefficient (Wildman–Crippen LogP) is 3.38. The van der Waals surface area contributed by atoms with Gasteiger partial charge in [-0.2, -0.15) is 0 Å². The first kappa shape index (κ1) is 19.5. The van der Waals surface area contributed by atoms with Crippen molar-refractivity contribution in [1.82, 2.24) is 4.90 Å². The maximum Gasteiger partial charge on any atom is 0.134 e. The van der Waals surface area contributed by atoms with Gasteiger partial charge in [-0.3, -0.25) is 4.90 Å². The van der Waals surface area contributed by atoms with Crippen molar-refractivity contribution in [3.05, 3.63) is 29.8 Å². The summed E-state index contributed by atoms with van der Waals surface area (Å²) in [5.41, 5.74) is -0.814. The van der Waals surface area contributed by atoms with Crippen LogP contribution in [-0.4, -0.2) is 54.6 Å². The topological polar surface area (TPSA) is 41.9 Å². The van der Waals surface area contributed by atoms with Crippen molar-refractivity contribution >= 4 is 0 Å². The lowest BCUT2D eigenvalue weighted by molar-refractivity contribution is -0.0692. The van der Waals surface area contributed by atoms with Crippen LogP contribution in [0.2, 0.25) is 0 Å². The van der Waals surface area contributed by atoms with Gasteiger partial charge in [-0.05, 0) is 31.1 Å². The molecule has 1 aromatic carbocycles. The van der Waals surface area contributed by atoms with E-state index in [0.29, 0.717) is 24.6 Å². The lowest BCUT2D eigenvalue weighted by Crippen LogP contribution is -2.52. The monoisotopic (exact) mass is 369 g/mol. The van der Waals surface area contributed by atoms with E-state index in [9.17, 15) is 13.9 Å². The van der Waals surface area contributed by atoms with Crippen LogP contribution in [0.15, 0.2) is 18.2 Å². The smallest absolute Gasteiger partial charge is 0.134 e. The predicted molar refractivity (Wildman–Crippen MR) is 95.2 cm³/mol. The van der Waals surface area contributed by atoms with Gasteiger partial charge in [0.05, 0.1) is 13.2 Å². The van der Waals surface area contributed by atoms with E-state index >= 15 is 0 Å². The Hall–Kier alpha value is -1.24. The van der Waals surface area contributed by atoms with E-state index in [0.717, 1.165) is 37.6 Å². The molecule has 0 amide bonds. The van der Waals surface area contributed by atoms with Gasteiger partial charge in [0, 0.05) is 37.3 Å². The van der Waals surface area contributed by atoms with Crippen molar-refractivity contribution in [2.75, 3.05) is 32.9 Å². The highest BCUT2D eigenvalue weighted by Gasteiger charge is 2.38. The number of hydrogen-bond acceptors (Lipinski definition) is 4. The molecule has 6 heteroatoms. The van der Waals surface area contributed by atoms with Gasteiger partial charge < -0.3 is 14.6 Å². The second-order valence-electron chi connectivity index (χ2n) is 8.54. The number of ether oxygens (including phenoxy) is 2. The first-order chi connectivity index (χ1) is 12.2. The lowest BCUT2D eigenvalue weighted by atomic mass is 9.75. The summed E-state index contributed by atoms with van der Waals surface area (Å²) in [6.45, 7) is 6.48. The van der Waals surface area contributed by atoms with Crippen LogP contribution in [0, 0.1) is 17.0 Å². The van der Waals surface area contributed by atoms with Crippen molar-refractivity contribution in [3.63, 3.8) is 0 Å². The van der Waals surface area contributed by atoms with E-state index < -0.39 is 17.2 Å². The molecule has 1 heterocycles. The van der Waals surface area contributed by atoms with Crippen molar-refractivity contribution in [2.24, 2.45) is 5.41 Å². The molecule has 1 aliphatic carbocycles. The Kier molecular flexibility index (Phi) is 5.85. The molecule has 0 aromatic heterocycles. The molecule has 3 rings (SSSR count). The number of benzene rings is 1. The Labute approximate surface area is 154 Å². The number of rotatable bonds is 4. The number of halogens is 2. The van der Waals surface area contributed by atoms with Gasteiger partial charge in [-0.15, -0.1) is 0 Å². The van der Waals surface area contributed by atoms with Crippen LogP contribution < -0.4 is 4.74 Å². The molecule has 146 valence electrons. The Morgan fingerprint density at radius 3 is 2.50 bits per heavy atom. The Bertz CT molecular complexity index is 595. The highest BCUT2D eigenvalue weighted by atomic mass is 19.1. The second kappa shape index (κ2) is 7.79. The van der Waals surface area contributed by atoms with Crippen molar-refractivity contribution in [2.45, 2.75) is 51.2 Å². The molecule has 0 radical (unpaired) electrons. The molecule has 26 heavy (non-hydrogen) atoms. The second-order valence-corrected chi connectivity index (χ2v) is 8.54. The molecule has 2 aliphatic rings. The zero-order valence-electron chi connectivity index (χ0n) is 15.6. The third kappa shape index (κ3) is 5.15. The first-order valence-corrected chi connectivity index (χ1v) is 9.38. The zero-order chi connectivity index (χ0) is 18.8. The van der Waals surface area contributed by atoms with Crippen LogP contribution in [0.5, 0.6) is 5.75 Å². The molecular weight excluding hydrogens is 340 g/mol. The van der Waals surface area contributed by atoms with Crippen LogP contribution in [-0.2, 0) is 4.74 Å². The molecule has 0 bridgehead atoms. The number of aliphatic hydroxyl groups is 1. The average Bonchev–Trinajstić information content (AvgIpc) is 2.75. The van der Waals surface area contributed by atoms with Gasteiger partial charge in [-0.1, -0.05) is 13.8 Å². The maximum absolute atomic E-state index is 13.3. The van der Waals surface area contributed by atoms with Crippen LogP contribution in [0.25, 0.3) is 0 Å². The Morgan fingerprint density at radius 1 is 1.19 bits per heavy atom. The van der Waals surface area contributed by atoms with Gasteiger partial charge in [0.15, 0.2) is 0 Å². The molecular formula is C20H29F2NO3. The molecule has 4 nitrogen and oxygen atoms in total. The maximum atomic E-state index is 13.3. The quantitative estimate of drug-likeness (QED) is 0.884. The van der Waals surface area contributed by atoms with Gasteiger partial charge in [0.1, 0.15) is 29.6 Å². The van der Waals surface area contributed by atoms with Crippen LogP contribution in [0.3, 0.4) is 0 Å². The molecule has 1 aliphatic heterocycles. The normalized spacial score (nSPS) is 27.9. The fraction of sp³-hybridized carbons (Fsp3) is 0.700. The molecule has 1 saturated heterocycles. The average molecular weight is 369 g/mol. The summed E-state index contributed by atoms with van der Waals surface area (Å²) in [4.78, 5) is 2.29. The standard InChI is InChI=1S/C20H29F2NO3/c1-19(2)5-3-17(4-6-19)23-7-8-25-13-20(24,12-23)14-26-18-10-15(21)9-16(22)11-18/h9-11,17,24H,3-8,12-14H2,1-2H3/t20-/m1/s1. The molecule has 1 aromatic rings. The molecule has 0 unspecified atom stereocenters. The van der Waals surface area contributed by atoms with Crippen molar-refractivity contribution in [1.29, 1.82) is 0 Å². The highest BCUT2D eigenvalue weighted by molar-refractivity contribution is 5.24. The minimum absolute atomic E-state index is 0.0649. The Balaban J connectivity index is 1.62. The molecule has 1 atom stereocenters. The highest BCUT2D eigenvalue weighted by Crippen LogP contribution is 2.37. The lowest BCUT2D eigenvalue weighted by Gasteiger charge is -2.41. The van der Waals surface area contributed by atoms with E-state index in [1.807, 2.05) is 0 Å². The van der Waals surface area contributed by atoms with Crippen molar-refractivity contribution < 1.29 is 23.4 Å². The van der Waals surface area contributed by atoms with Gasteiger partial charge in [0.25, 0.3) is 0 Å². The van der Waals surface area contributed by atoms with Crippen LogP contribution in [0.1, 0.15) is 39.5 Å². The molecule has 2 fully saturated rings. The van der Waals surface area contributed by atoms with E-state index in [2.05, 4.69) is 18.7 Å². The molecule has 0 spiro atoms. The number of β-amino-alcohol motifs (C(OH)–C–C–N with tert-alkyl or cyclic N) is 1. The third-order valence-electron chi connectivity index (χ3n) is 5.56. The van der Waals surface area contributed by atoms with Gasteiger partial charge in [-0.25, -0.2) is 8.78 Å². The van der Waals surface area contributed by atoms with E-state index in [4.69, 9.17) is 9.47 Å². The summed E-state index contributed by atoms with van der Waals surface area (Å²) in [5, 5.41) is 11.0. The summed E-state index contributed by atoms with van der Waals surface area (Å²) in [5.74, 6) is -1.32. The number of nitrogens with zero attached hydrogens (tertiary/aromatic N) is 1. The van der Waals surface area contributed by atoms with Crippen molar-refractivity contribution in [3.8, 4) is 5.75 Å². The van der Waals surface area contributed by atoms with Gasteiger partial charge in [0.2, 0.25) is 0 Å². The first-order valence-electron chi connectivity index (χ1n) is 9.38. The van der Waals surface area contributed by atoms with Crippen LogP contribution in [0.4, 0.5) is 8.78 Å². The molecule has 1 saturated carbocycles. The summed E-state index contributed by atoms with van der Waals surface area (Å²) < 4.78 is 37.7. The third-order valence-corrected chi connectivity index (χ3v) is 5.56. The summed E-state index contributed by atoms with van der Waals surface area (Å²) >= 11 is 0. The largest absolute Gasteiger partial charge is 0.490 e. The SMILES string of the molecule is CC1(C)CCC(N2CCOC[C@@](O)(COc3cc(F)cc(F)c3)C2)CC1. The fourth-order valence-corrected chi connectivity index (χ4v) is 3.92. The summed E-state index contributed by atoms with van der Waals surface area (Å²) in [7, 11) is 0. The zero-order valence-corrected chi connectivity index (χ0v) is 15.6. The minimum Gasteiger partial charge on any atom is -0.490 e. The van der Waals surface area contributed by atoms with Gasteiger partial charge >= 0.3 is 0 Å². The Morgan fingerprint density at radius 2 is 1.85 bits per heavy atom. The van der Waals surface area contributed by atoms with E-state index in [1.165, 1.54) is 12.8 Å².